The molecule has 0 radical (unpaired) electrons. The van der Waals surface area contributed by atoms with Gasteiger partial charge in [0.1, 0.15) is 6.26 Å². The van der Waals surface area contributed by atoms with Gasteiger partial charge in [0.25, 0.3) is 5.89 Å². The van der Waals surface area contributed by atoms with Gasteiger partial charge in [-0.3, -0.25) is 0 Å². The van der Waals surface area contributed by atoms with E-state index in [1.165, 1.54) is 0 Å². The minimum atomic E-state index is 0.436. The van der Waals surface area contributed by atoms with Crippen LogP contribution in [0.1, 0.15) is 25.1 Å². The number of rotatable bonds is 4. The Morgan fingerprint density at radius 1 is 1.38 bits per heavy atom. The van der Waals surface area contributed by atoms with Crippen molar-refractivity contribution in [3.8, 4) is 11.7 Å². The van der Waals surface area contributed by atoms with Gasteiger partial charge < -0.3 is 14.2 Å². The molecule has 2 aromatic rings. The first-order chi connectivity index (χ1) is 7.66. The fourth-order valence-corrected chi connectivity index (χ4v) is 1.39. The molecule has 0 amide bonds. The average molecular weight is 220 g/mol. The third kappa shape index (κ3) is 2.33. The molecule has 0 fully saturated rings. The van der Waals surface area contributed by atoms with Crippen LogP contribution in [0.4, 0.5) is 0 Å². The zero-order chi connectivity index (χ0) is 11.5. The summed E-state index contributed by atoms with van der Waals surface area (Å²) in [4.78, 5) is 4.36. The molecule has 16 heavy (non-hydrogen) atoms. The van der Waals surface area contributed by atoms with E-state index in [0.29, 0.717) is 24.2 Å². The zero-order valence-electron chi connectivity index (χ0n) is 9.78. The Bertz CT molecular complexity index is 457. The highest BCUT2D eigenvalue weighted by Crippen LogP contribution is 2.23. The standard InChI is InChI=1S/C12H16N2O2/c1-8(2)13-6-10-7-16-12(14-10)11-9(3)4-5-15-11/h4-5,7-8,13H,6H2,1-3H3. The van der Waals surface area contributed by atoms with Gasteiger partial charge in [0, 0.05) is 18.2 Å². The number of aryl methyl sites for hydroxylation is 1. The molecule has 0 saturated carbocycles. The van der Waals surface area contributed by atoms with Crippen LogP contribution in [0, 0.1) is 6.92 Å². The first-order valence-electron chi connectivity index (χ1n) is 5.39. The van der Waals surface area contributed by atoms with Gasteiger partial charge in [0.15, 0.2) is 5.76 Å². The number of oxazole rings is 1. The molecule has 0 atom stereocenters. The van der Waals surface area contributed by atoms with Gasteiger partial charge in [0.05, 0.1) is 12.0 Å². The number of hydrogen-bond donors (Lipinski definition) is 1. The first-order valence-corrected chi connectivity index (χ1v) is 5.39. The van der Waals surface area contributed by atoms with Crippen LogP contribution in [0.2, 0.25) is 0 Å². The van der Waals surface area contributed by atoms with Crippen LogP contribution >= 0.6 is 0 Å². The van der Waals surface area contributed by atoms with E-state index in [2.05, 4.69) is 24.1 Å². The lowest BCUT2D eigenvalue weighted by atomic mass is 10.3. The molecule has 0 aliphatic carbocycles. The molecule has 86 valence electrons. The molecule has 0 bridgehead atoms. The summed E-state index contributed by atoms with van der Waals surface area (Å²) in [5, 5.41) is 3.28. The molecule has 0 spiro atoms. The Hall–Kier alpha value is -1.55. The van der Waals surface area contributed by atoms with Gasteiger partial charge in [-0.25, -0.2) is 4.98 Å². The van der Waals surface area contributed by atoms with Crippen LogP contribution in [-0.4, -0.2) is 11.0 Å². The smallest absolute Gasteiger partial charge is 0.263 e. The number of aromatic nitrogens is 1. The topological polar surface area (TPSA) is 51.2 Å². The van der Waals surface area contributed by atoms with E-state index in [9.17, 15) is 0 Å². The summed E-state index contributed by atoms with van der Waals surface area (Å²) < 4.78 is 10.7. The SMILES string of the molecule is Cc1ccoc1-c1nc(CNC(C)C)co1. The van der Waals surface area contributed by atoms with E-state index in [4.69, 9.17) is 8.83 Å². The van der Waals surface area contributed by atoms with Crippen molar-refractivity contribution in [2.45, 2.75) is 33.4 Å². The second kappa shape index (κ2) is 4.53. The van der Waals surface area contributed by atoms with E-state index < -0.39 is 0 Å². The van der Waals surface area contributed by atoms with Gasteiger partial charge in [-0.05, 0) is 13.0 Å². The maximum atomic E-state index is 5.38. The summed E-state index contributed by atoms with van der Waals surface area (Å²) in [6.45, 7) is 6.87. The Labute approximate surface area is 94.7 Å². The molecule has 4 heteroatoms. The molecule has 2 heterocycles. The van der Waals surface area contributed by atoms with Crippen LogP contribution in [-0.2, 0) is 6.54 Å². The van der Waals surface area contributed by atoms with Crippen molar-refractivity contribution in [3.63, 3.8) is 0 Å². The monoisotopic (exact) mass is 220 g/mol. The predicted octanol–water partition coefficient (Wildman–Crippen LogP) is 2.74. The van der Waals surface area contributed by atoms with Crippen molar-refractivity contribution in [2.75, 3.05) is 0 Å². The van der Waals surface area contributed by atoms with E-state index in [0.717, 1.165) is 11.3 Å². The largest absolute Gasteiger partial charge is 0.459 e. The molecule has 0 saturated heterocycles. The van der Waals surface area contributed by atoms with E-state index in [1.807, 2.05) is 13.0 Å². The lowest BCUT2D eigenvalue weighted by molar-refractivity contribution is 0.514. The van der Waals surface area contributed by atoms with Gasteiger partial charge in [-0.2, -0.15) is 0 Å². The van der Waals surface area contributed by atoms with Crippen molar-refractivity contribution >= 4 is 0 Å². The molecule has 0 unspecified atom stereocenters. The van der Waals surface area contributed by atoms with Crippen LogP contribution in [0.5, 0.6) is 0 Å². The van der Waals surface area contributed by atoms with Crippen molar-refractivity contribution < 1.29 is 8.83 Å². The zero-order valence-corrected chi connectivity index (χ0v) is 9.78. The molecule has 0 aliphatic heterocycles. The van der Waals surface area contributed by atoms with Gasteiger partial charge >= 0.3 is 0 Å². The fraction of sp³-hybridized carbons (Fsp3) is 0.417. The molecule has 0 aromatic carbocycles. The third-order valence-electron chi connectivity index (χ3n) is 2.30. The van der Waals surface area contributed by atoms with Gasteiger partial charge in [-0.15, -0.1) is 0 Å². The van der Waals surface area contributed by atoms with Crippen LogP contribution in [0.25, 0.3) is 11.7 Å². The second-order valence-electron chi connectivity index (χ2n) is 4.11. The quantitative estimate of drug-likeness (QED) is 0.860. The van der Waals surface area contributed by atoms with E-state index >= 15 is 0 Å². The third-order valence-corrected chi connectivity index (χ3v) is 2.30. The van der Waals surface area contributed by atoms with Crippen molar-refractivity contribution in [1.29, 1.82) is 0 Å². The minimum Gasteiger partial charge on any atom is -0.459 e. The van der Waals surface area contributed by atoms with E-state index in [-0.39, 0.29) is 0 Å². The Balaban J connectivity index is 2.11. The van der Waals surface area contributed by atoms with Crippen LogP contribution in [0.15, 0.2) is 27.4 Å². The number of hydrogen-bond acceptors (Lipinski definition) is 4. The van der Waals surface area contributed by atoms with Crippen molar-refractivity contribution in [1.82, 2.24) is 10.3 Å². The summed E-state index contributed by atoms with van der Waals surface area (Å²) in [7, 11) is 0. The molecule has 2 aromatic heterocycles. The fourth-order valence-electron chi connectivity index (χ4n) is 1.39. The highest BCUT2D eigenvalue weighted by atomic mass is 16.4. The maximum absolute atomic E-state index is 5.38. The van der Waals surface area contributed by atoms with Gasteiger partial charge in [-0.1, -0.05) is 13.8 Å². The van der Waals surface area contributed by atoms with Crippen molar-refractivity contribution in [2.24, 2.45) is 0 Å². The minimum absolute atomic E-state index is 0.436. The van der Waals surface area contributed by atoms with Crippen LogP contribution in [0.3, 0.4) is 0 Å². The molecule has 4 nitrogen and oxygen atoms in total. The number of nitrogens with zero attached hydrogens (tertiary/aromatic N) is 1. The highest BCUT2D eigenvalue weighted by Gasteiger charge is 2.12. The second-order valence-corrected chi connectivity index (χ2v) is 4.11. The Kier molecular flexibility index (Phi) is 3.10. The number of furan rings is 1. The Morgan fingerprint density at radius 3 is 2.81 bits per heavy atom. The molecule has 2 rings (SSSR count). The van der Waals surface area contributed by atoms with E-state index in [1.54, 1.807) is 12.5 Å². The lowest BCUT2D eigenvalue weighted by Crippen LogP contribution is -2.21. The maximum Gasteiger partial charge on any atom is 0.263 e. The molecular formula is C12H16N2O2. The summed E-state index contributed by atoms with van der Waals surface area (Å²) in [6, 6.07) is 2.33. The molecule has 0 aliphatic rings. The summed E-state index contributed by atoms with van der Waals surface area (Å²) >= 11 is 0. The normalized spacial score (nSPS) is 11.2. The lowest BCUT2D eigenvalue weighted by Gasteiger charge is -2.03. The van der Waals surface area contributed by atoms with Gasteiger partial charge in [0.2, 0.25) is 0 Å². The first kappa shape index (κ1) is 11.0. The van der Waals surface area contributed by atoms with Crippen molar-refractivity contribution in [3.05, 3.63) is 29.9 Å². The average Bonchev–Trinajstić information content (AvgIpc) is 2.83. The van der Waals surface area contributed by atoms with Crippen LogP contribution < -0.4 is 5.32 Å². The molecular weight excluding hydrogens is 204 g/mol. The number of nitrogens with one attached hydrogen (secondary N) is 1. The summed E-state index contributed by atoms with van der Waals surface area (Å²) in [5.74, 6) is 1.25. The molecule has 1 N–H and O–H groups in total. The predicted molar refractivity (Wildman–Crippen MR) is 60.9 cm³/mol. The highest BCUT2D eigenvalue weighted by molar-refractivity contribution is 5.50. The summed E-state index contributed by atoms with van der Waals surface area (Å²) in [6.07, 6.45) is 3.30. The Morgan fingerprint density at radius 2 is 2.19 bits per heavy atom. The summed E-state index contributed by atoms with van der Waals surface area (Å²) in [5.41, 5.74) is 1.92.